The molecule has 2 atom stereocenters. The van der Waals surface area contributed by atoms with Crippen molar-refractivity contribution >= 4 is 30.1 Å². The largest absolute Gasteiger partial charge is 0.336 e. The van der Waals surface area contributed by atoms with E-state index < -0.39 is 0 Å². The van der Waals surface area contributed by atoms with Crippen LogP contribution in [0.5, 0.6) is 0 Å². The van der Waals surface area contributed by atoms with Gasteiger partial charge in [-0.25, -0.2) is 0 Å². The number of halogens is 1. The lowest BCUT2D eigenvalue weighted by atomic mass is 9.99. The van der Waals surface area contributed by atoms with E-state index in [2.05, 4.69) is 41.4 Å². The van der Waals surface area contributed by atoms with Crippen molar-refractivity contribution in [2.45, 2.75) is 38.3 Å². The monoisotopic (exact) mass is 340 g/mol. The zero-order valence-corrected chi connectivity index (χ0v) is 14.7. The molecule has 1 aromatic carbocycles. The van der Waals surface area contributed by atoms with E-state index in [1.165, 1.54) is 16.9 Å². The van der Waals surface area contributed by atoms with E-state index in [9.17, 15) is 4.79 Å². The summed E-state index contributed by atoms with van der Waals surface area (Å²) in [6, 6.07) is 9.13. The van der Waals surface area contributed by atoms with Crippen LogP contribution in [0.2, 0.25) is 0 Å². The van der Waals surface area contributed by atoms with Crippen molar-refractivity contribution in [3.05, 3.63) is 35.4 Å². The molecular formula is C17H25ClN2OS. The molecule has 0 aliphatic carbocycles. The molecule has 22 heavy (non-hydrogen) atoms. The maximum absolute atomic E-state index is 12.7. The van der Waals surface area contributed by atoms with Gasteiger partial charge in [0.2, 0.25) is 5.91 Å². The number of nitrogens with zero attached hydrogens (tertiary/aromatic N) is 1. The van der Waals surface area contributed by atoms with Crippen molar-refractivity contribution in [3.63, 3.8) is 0 Å². The molecule has 5 heteroatoms. The number of carbonyl (C=O) groups excluding carboxylic acids is 1. The standard InChI is InChI=1S/C17H24N2OS.ClH/c1-13-5-2-3-6-15(13)16-7-4-9-19(16)17(20)11-14-12-21-10-8-18-14;/h2-3,5-6,14,16,18H,4,7-12H2,1H3;1H. The molecule has 0 bridgehead atoms. The van der Waals surface area contributed by atoms with Crippen molar-refractivity contribution < 1.29 is 4.79 Å². The van der Waals surface area contributed by atoms with Crippen LogP contribution < -0.4 is 5.32 Å². The van der Waals surface area contributed by atoms with E-state index in [4.69, 9.17) is 0 Å². The van der Waals surface area contributed by atoms with Crippen molar-refractivity contribution in [2.24, 2.45) is 0 Å². The topological polar surface area (TPSA) is 32.3 Å². The summed E-state index contributed by atoms with van der Waals surface area (Å²) in [6.07, 6.45) is 2.87. The lowest BCUT2D eigenvalue weighted by Crippen LogP contribution is -2.42. The third-order valence-corrected chi connectivity index (χ3v) is 5.67. The number of benzene rings is 1. The second-order valence-electron chi connectivity index (χ2n) is 6.03. The molecule has 122 valence electrons. The van der Waals surface area contributed by atoms with E-state index in [0.717, 1.165) is 31.7 Å². The van der Waals surface area contributed by atoms with Gasteiger partial charge in [-0.1, -0.05) is 24.3 Å². The number of rotatable bonds is 3. The zero-order valence-electron chi connectivity index (χ0n) is 13.1. The number of likely N-dealkylation sites (tertiary alicyclic amines) is 1. The van der Waals surface area contributed by atoms with E-state index >= 15 is 0 Å². The van der Waals surface area contributed by atoms with Gasteiger partial charge in [0.1, 0.15) is 0 Å². The smallest absolute Gasteiger partial charge is 0.224 e. The van der Waals surface area contributed by atoms with E-state index in [1.807, 2.05) is 11.8 Å². The molecule has 0 saturated carbocycles. The lowest BCUT2D eigenvalue weighted by molar-refractivity contribution is -0.132. The van der Waals surface area contributed by atoms with Crippen LogP contribution in [-0.2, 0) is 4.79 Å². The van der Waals surface area contributed by atoms with Crippen LogP contribution in [0.15, 0.2) is 24.3 Å². The Morgan fingerprint density at radius 2 is 2.23 bits per heavy atom. The number of hydrogen-bond donors (Lipinski definition) is 1. The molecular weight excluding hydrogens is 316 g/mol. The third kappa shape index (κ3) is 3.98. The Labute approximate surface area is 143 Å². The molecule has 0 spiro atoms. The van der Waals surface area contributed by atoms with Gasteiger partial charge in [0.15, 0.2) is 0 Å². The summed E-state index contributed by atoms with van der Waals surface area (Å²) in [6.45, 7) is 4.09. The van der Waals surface area contributed by atoms with Gasteiger partial charge >= 0.3 is 0 Å². The van der Waals surface area contributed by atoms with Gasteiger partial charge in [0.05, 0.1) is 6.04 Å². The second-order valence-corrected chi connectivity index (χ2v) is 7.18. The molecule has 1 aromatic rings. The maximum Gasteiger partial charge on any atom is 0.224 e. The van der Waals surface area contributed by atoms with Gasteiger partial charge in [-0.15, -0.1) is 12.4 Å². The number of carbonyl (C=O) groups is 1. The van der Waals surface area contributed by atoms with Crippen LogP contribution in [-0.4, -0.2) is 41.4 Å². The number of nitrogens with one attached hydrogen (secondary N) is 1. The molecule has 2 saturated heterocycles. The van der Waals surface area contributed by atoms with Crippen LogP contribution >= 0.6 is 24.2 Å². The fourth-order valence-electron chi connectivity index (χ4n) is 3.43. The normalized spacial score (nSPS) is 24.9. The van der Waals surface area contributed by atoms with Gasteiger partial charge in [0.25, 0.3) is 0 Å². The first-order valence-corrected chi connectivity index (χ1v) is 9.07. The molecule has 0 radical (unpaired) electrons. The highest BCUT2D eigenvalue weighted by Crippen LogP contribution is 2.34. The van der Waals surface area contributed by atoms with E-state index in [-0.39, 0.29) is 18.4 Å². The summed E-state index contributed by atoms with van der Waals surface area (Å²) in [5.74, 6) is 2.55. The maximum atomic E-state index is 12.7. The van der Waals surface area contributed by atoms with Crippen molar-refractivity contribution in [3.8, 4) is 0 Å². The molecule has 2 aliphatic rings. The predicted molar refractivity (Wildman–Crippen MR) is 95.8 cm³/mol. The Balaban J connectivity index is 0.00000176. The minimum absolute atomic E-state index is 0. The highest BCUT2D eigenvalue weighted by Gasteiger charge is 2.31. The Morgan fingerprint density at radius 1 is 1.41 bits per heavy atom. The first kappa shape index (κ1) is 17.6. The predicted octanol–water partition coefficient (Wildman–Crippen LogP) is 3.18. The van der Waals surface area contributed by atoms with Crippen molar-refractivity contribution in [1.82, 2.24) is 10.2 Å². The number of amides is 1. The number of hydrogen-bond acceptors (Lipinski definition) is 3. The van der Waals surface area contributed by atoms with Crippen LogP contribution in [0.1, 0.15) is 36.4 Å². The Kier molecular flexibility index (Phi) is 6.60. The SMILES string of the molecule is Cc1ccccc1C1CCCN1C(=O)CC1CSCCN1.Cl. The van der Waals surface area contributed by atoms with Crippen LogP contribution in [0, 0.1) is 6.92 Å². The summed E-state index contributed by atoms with van der Waals surface area (Å²) in [5, 5.41) is 3.47. The minimum atomic E-state index is 0. The number of thioether (sulfide) groups is 1. The minimum Gasteiger partial charge on any atom is -0.336 e. The van der Waals surface area contributed by atoms with Gasteiger partial charge in [-0.3, -0.25) is 4.79 Å². The fraction of sp³-hybridized carbons (Fsp3) is 0.588. The Morgan fingerprint density at radius 3 is 2.95 bits per heavy atom. The van der Waals surface area contributed by atoms with Crippen LogP contribution in [0.3, 0.4) is 0 Å². The van der Waals surface area contributed by atoms with Gasteiger partial charge in [-0.2, -0.15) is 11.8 Å². The molecule has 1 amide bonds. The van der Waals surface area contributed by atoms with Crippen LogP contribution in [0.25, 0.3) is 0 Å². The average Bonchev–Trinajstić information content (AvgIpc) is 2.98. The van der Waals surface area contributed by atoms with E-state index in [0.29, 0.717) is 18.4 Å². The fourth-order valence-corrected chi connectivity index (χ4v) is 4.38. The second kappa shape index (κ2) is 8.23. The van der Waals surface area contributed by atoms with Crippen molar-refractivity contribution in [2.75, 3.05) is 24.6 Å². The molecule has 0 aromatic heterocycles. The average molecular weight is 341 g/mol. The highest BCUT2D eigenvalue weighted by molar-refractivity contribution is 7.99. The molecule has 3 nitrogen and oxygen atoms in total. The zero-order chi connectivity index (χ0) is 14.7. The Bertz CT molecular complexity index is 505. The molecule has 2 heterocycles. The summed E-state index contributed by atoms with van der Waals surface area (Å²) in [4.78, 5) is 14.8. The van der Waals surface area contributed by atoms with Gasteiger partial charge in [0, 0.05) is 37.1 Å². The van der Waals surface area contributed by atoms with Gasteiger partial charge in [-0.05, 0) is 30.9 Å². The molecule has 2 fully saturated rings. The summed E-state index contributed by atoms with van der Waals surface area (Å²) in [7, 11) is 0. The molecule has 3 rings (SSSR count). The summed E-state index contributed by atoms with van der Waals surface area (Å²) < 4.78 is 0. The lowest BCUT2D eigenvalue weighted by Gasteiger charge is -2.29. The third-order valence-electron chi connectivity index (χ3n) is 4.54. The first-order chi connectivity index (χ1) is 10.3. The van der Waals surface area contributed by atoms with Gasteiger partial charge < -0.3 is 10.2 Å². The number of aryl methyl sites for hydroxylation is 1. The highest BCUT2D eigenvalue weighted by atomic mass is 35.5. The molecule has 1 N–H and O–H groups in total. The molecule has 2 aliphatic heterocycles. The molecule has 2 unspecified atom stereocenters. The van der Waals surface area contributed by atoms with E-state index in [1.54, 1.807) is 0 Å². The first-order valence-electron chi connectivity index (χ1n) is 7.92. The summed E-state index contributed by atoms with van der Waals surface area (Å²) >= 11 is 1.95. The van der Waals surface area contributed by atoms with Crippen molar-refractivity contribution in [1.29, 1.82) is 0 Å². The Hall–Kier alpha value is -0.710. The summed E-state index contributed by atoms with van der Waals surface area (Å²) in [5.41, 5.74) is 2.63. The van der Waals surface area contributed by atoms with Crippen LogP contribution in [0.4, 0.5) is 0 Å². The quantitative estimate of drug-likeness (QED) is 0.917.